The van der Waals surface area contributed by atoms with Gasteiger partial charge in [-0.2, -0.15) is 4.72 Å². The van der Waals surface area contributed by atoms with Crippen LogP contribution < -0.4 is 4.72 Å². The van der Waals surface area contributed by atoms with Crippen LogP contribution in [0, 0.1) is 0 Å². The van der Waals surface area contributed by atoms with Crippen molar-refractivity contribution >= 4 is 26.8 Å². The van der Waals surface area contributed by atoms with Gasteiger partial charge in [0.1, 0.15) is 6.04 Å². The van der Waals surface area contributed by atoms with Crippen molar-refractivity contribution in [3.8, 4) is 0 Å². The van der Waals surface area contributed by atoms with Crippen molar-refractivity contribution in [3.63, 3.8) is 0 Å². The third-order valence-electron chi connectivity index (χ3n) is 3.91. The van der Waals surface area contributed by atoms with Crippen LogP contribution >= 0.6 is 0 Å². The van der Waals surface area contributed by atoms with E-state index in [2.05, 4.69) is 4.72 Å². The van der Waals surface area contributed by atoms with Gasteiger partial charge in [0.25, 0.3) is 0 Å². The van der Waals surface area contributed by atoms with Gasteiger partial charge < -0.3 is 5.11 Å². The van der Waals surface area contributed by atoms with E-state index in [1.165, 1.54) is 6.07 Å². The highest BCUT2D eigenvalue weighted by Crippen LogP contribution is 2.19. The number of aliphatic carboxylic acids is 1. The number of carbonyl (C=O) groups is 1. The smallest absolute Gasteiger partial charge is 0.322 e. The average molecular weight is 355 g/mol. The molecule has 0 amide bonds. The molecule has 25 heavy (non-hydrogen) atoms. The lowest BCUT2D eigenvalue weighted by Crippen LogP contribution is -2.42. The Bertz CT molecular complexity index is 1000. The molecule has 6 heteroatoms. The molecule has 1 unspecified atom stereocenters. The lowest BCUT2D eigenvalue weighted by atomic mass is 10.1. The van der Waals surface area contributed by atoms with Gasteiger partial charge in [-0.3, -0.25) is 4.79 Å². The first kappa shape index (κ1) is 17.1. The van der Waals surface area contributed by atoms with Crippen molar-refractivity contribution < 1.29 is 18.3 Å². The summed E-state index contributed by atoms with van der Waals surface area (Å²) in [5.41, 5.74) is 0.746. The molecule has 0 fully saturated rings. The van der Waals surface area contributed by atoms with Crippen molar-refractivity contribution in [2.24, 2.45) is 0 Å². The average Bonchev–Trinajstić information content (AvgIpc) is 2.61. The molecule has 0 heterocycles. The van der Waals surface area contributed by atoms with Crippen molar-refractivity contribution in [2.45, 2.75) is 17.4 Å². The first-order chi connectivity index (χ1) is 12.0. The number of sulfonamides is 1. The van der Waals surface area contributed by atoms with Gasteiger partial charge in [0, 0.05) is 0 Å². The highest BCUT2D eigenvalue weighted by Gasteiger charge is 2.25. The highest BCUT2D eigenvalue weighted by atomic mass is 32.2. The van der Waals surface area contributed by atoms with E-state index in [0.717, 1.165) is 16.3 Å². The Balaban J connectivity index is 1.87. The Kier molecular flexibility index (Phi) is 4.83. The normalized spacial score (nSPS) is 12.8. The molecule has 0 saturated heterocycles. The van der Waals surface area contributed by atoms with Crippen molar-refractivity contribution in [1.29, 1.82) is 0 Å². The minimum Gasteiger partial charge on any atom is -0.480 e. The molecule has 0 bridgehead atoms. The SMILES string of the molecule is O=C(O)C(Cc1ccccc1)NS(=O)(=O)c1ccc2ccccc2c1. The summed E-state index contributed by atoms with van der Waals surface area (Å²) >= 11 is 0. The Morgan fingerprint density at radius 3 is 2.24 bits per heavy atom. The number of nitrogens with one attached hydrogen (secondary N) is 1. The molecule has 0 saturated carbocycles. The molecule has 3 aromatic rings. The van der Waals surface area contributed by atoms with Gasteiger partial charge in [0.15, 0.2) is 0 Å². The molecule has 3 aromatic carbocycles. The summed E-state index contributed by atoms with van der Waals surface area (Å²) in [6, 6.07) is 19.8. The molecule has 0 aliphatic heterocycles. The molecule has 128 valence electrons. The predicted molar refractivity (Wildman–Crippen MR) is 95.8 cm³/mol. The maximum atomic E-state index is 12.6. The Morgan fingerprint density at radius 2 is 1.56 bits per heavy atom. The second-order valence-electron chi connectivity index (χ2n) is 5.71. The summed E-state index contributed by atoms with van der Waals surface area (Å²) in [7, 11) is -3.95. The zero-order chi connectivity index (χ0) is 17.9. The number of hydrogen-bond donors (Lipinski definition) is 2. The van der Waals surface area contributed by atoms with E-state index in [1.54, 1.807) is 36.4 Å². The Hall–Kier alpha value is -2.70. The van der Waals surface area contributed by atoms with Crippen LogP contribution in [0.3, 0.4) is 0 Å². The summed E-state index contributed by atoms with van der Waals surface area (Å²) in [4.78, 5) is 11.5. The summed E-state index contributed by atoms with van der Waals surface area (Å²) in [6.07, 6.45) is 0.0724. The van der Waals surface area contributed by atoms with E-state index in [1.807, 2.05) is 30.3 Å². The van der Waals surface area contributed by atoms with Crippen LogP contribution in [0.25, 0.3) is 10.8 Å². The van der Waals surface area contributed by atoms with Crippen LogP contribution in [0.4, 0.5) is 0 Å². The van der Waals surface area contributed by atoms with E-state index in [4.69, 9.17) is 0 Å². The van der Waals surface area contributed by atoms with Gasteiger partial charge in [-0.05, 0) is 34.9 Å². The summed E-state index contributed by atoms with van der Waals surface area (Å²) < 4.78 is 27.5. The standard InChI is InChI=1S/C19H17NO4S/c21-19(22)18(12-14-6-2-1-3-7-14)20-25(23,24)17-11-10-15-8-4-5-9-16(15)13-17/h1-11,13,18,20H,12H2,(H,21,22). The summed E-state index contributed by atoms with van der Waals surface area (Å²) in [6.45, 7) is 0. The monoisotopic (exact) mass is 355 g/mol. The minimum absolute atomic E-state index is 0.0468. The Morgan fingerprint density at radius 1 is 0.920 bits per heavy atom. The van der Waals surface area contributed by atoms with Gasteiger partial charge in [-0.1, -0.05) is 60.7 Å². The van der Waals surface area contributed by atoms with Crippen molar-refractivity contribution in [2.75, 3.05) is 0 Å². The molecule has 0 spiro atoms. The number of fused-ring (bicyclic) bond motifs is 1. The quantitative estimate of drug-likeness (QED) is 0.712. The lowest BCUT2D eigenvalue weighted by molar-refractivity contribution is -0.138. The van der Waals surface area contributed by atoms with Crippen LogP contribution in [-0.2, 0) is 21.2 Å². The summed E-state index contributed by atoms with van der Waals surface area (Å²) in [5.74, 6) is -1.21. The third kappa shape index (κ3) is 4.04. The lowest BCUT2D eigenvalue weighted by Gasteiger charge is -2.15. The topological polar surface area (TPSA) is 83.5 Å². The van der Waals surface area contributed by atoms with Crippen molar-refractivity contribution in [3.05, 3.63) is 78.4 Å². The first-order valence-electron chi connectivity index (χ1n) is 7.73. The molecule has 3 rings (SSSR count). The third-order valence-corrected chi connectivity index (χ3v) is 5.38. The van der Waals surface area contributed by atoms with Crippen molar-refractivity contribution in [1.82, 2.24) is 4.72 Å². The zero-order valence-electron chi connectivity index (χ0n) is 13.3. The fourth-order valence-electron chi connectivity index (χ4n) is 2.62. The van der Waals surface area contributed by atoms with Gasteiger partial charge in [-0.25, -0.2) is 8.42 Å². The maximum Gasteiger partial charge on any atom is 0.322 e. The van der Waals surface area contributed by atoms with Crippen LogP contribution in [0.5, 0.6) is 0 Å². The van der Waals surface area contributed by atoms with Crippen LogP contribution in [0.2, 0.25) is 0 Å². The largest absolute Gasteiger partial charge is 0.480 e. The molecular weight excluding hydrogens is 338 g/mol. The minimum atomic E-state index is -3.95. The predicted octanol–water partition coefficient (Wildman–Crippen LogP) is 2.81. The van der Waals surface area contributed by atoms with Crippen LogP contribution in [0.15, 0.2) is 77.7 Å². The highest BCUT2D eigenvalue weighted by molar-refractivity contribution is 7.89. The molecule has 0 aliphatic carbocycles. The molecule has 0 radical (unpaired) electrons. The molecule has 0 aromatic heterocycles. The second kappa shape index (κ2) is 7.04. The number of rotatable bonds is 6. The van der Waals surface area contributed by atoms with Gasteiger partial charge >= 0.3 is 5.97 Å². The van der Waals surface area contributed by atoms with Gasteiger partial charge in [-0.15, -0.1) is 0 Å². The fourth-order valence-corrected chi connectivity index (χ4v) is 3.84. The fraction of sp³-hybridized carbons (Fsp3) is 0.105. The molecule has 1 atom stereocenters. The molecule has 5 nitrogen and oxygen atoms in total. The van der Waals surface area contributed by atoms with Crippen LogP contribution in [0.1, 0.15) is 5.56 Å². The number of hydrogen-bond acceptors (Lipinski definition) is 3. The number of carboxylic acids is 1. The zero-order valence-corrected chi connectivity index (χ0v) is 14.1. The van der Waals surface area contributed by atoms with E-state index >= 15 is 0 Å². The molecule has 0 aliphatic rings. The number of carboxylic acid groups (broad SMARTS) is 1. The van der Waals surface area contributed by atoms with E-state index in [0.29, 0.717) is 0 Å². The van der Waals surface area contributed by atoms with Gasteiger partial charge in [0.05, 0.1) is 4.90 Å². The Labute approximate surface area is 146 Å². The van der Waals surface area contributed by atoms with Crippen LogP contribution in [-0.4, -0.2) is 25.5 Å². The van der Waals surface area contributed by atoms with E-state index in [9.17, 15) is 18.3 Å². The van der Waals surface area contributed by atoms with E-state index in [-0.39, 0.29) is 11.3 Å². The van der Waals surface area contributed by atoms with E-state index < -0.39 is 22.0 Å². The molecule has 2 N–H and O–H groups in total. The first-order valence-corrected chi connectivity index (χ1v) is 9.22. The summed E-state index contributed by atoms with van der Waals surface area (Å²) in [5, 5.41) is 11.1. The second-order valence-corrected chi connectivity index (χ2v) is 7.42. The molecular formula is C19H17NO4S. The number of benzene rings is 3. The van der Waals surface area contributed by atoms with Gasteiger partial charge in [0.2, 0.25) is 10.0 Å². The maximum absolute atomic E-state index is 12.6.